The molecule has 0 unspecified atom stereocenters. The summed E-state index contributed by atoms with van der Waals surface area (Å²) in [6.07, 6.45) is 1.67. The van der Waals surface area contributed by atoms with Crippen LogP contribution in [0.3, 0.4) is 0 Å². The molecular formula is C21H18ClN5O2. The molecule has 0 radical (unpaired) electrons. The van der Waals surface area contributed by atoms with Gasteiger partial charge in [-0.05, 0) is 22.8 Å². The van der Waals surface area contributed by atoms with Gasteiger partial charge in [0.15, 0.2) is 5.03 Å². The van der Waals surface area contributed by atoms with Crippen LogP contribution in [-0.2, 0) is 6.54 Å². The largest absolute Gasteiger partial charge is 0.342 e. The van der Waals surface area contributed by atoms with Gasteiger partial charge in [0.05, 0.1) is 12.1 Å². The van der Waals surface area contributed by atoms with Gasteiger partial charge < -0.3 is 10.2 Å². The molecule has 2 aromatic carbocycles. The molecule has 0 spiro atoms. The normalized spacial score (nSPS) is 19.9. The summed E-state index contributed by atoms with van der Waals surface area (Å²) in [6.45, 7) is 0.396. The summed E-state index contributed by atoms with van der Waals surface area (Å²) in [4.78, 5) is 17.2. The number of benzene rings is 2. The Kier molecular flexibility index (Phi) is 5.39. The molecule has 0 aliphatic carbocycles. The van der Waals surface area contributed by atoms with Crippen LogP contribution in [0, 0.1) is 10.1 Å². The van der Waals surface area contributed by atoms with Crippen LogP contribution in [0.5, 0.6) is 0 Å². The summed E-state index contributed by atoms with van der Waals surface area (Å²) in [5.41, 5.74) is 2.93. The molecule has 2 atom stereocenters. The van der Waals surface area contributed by atoms with Crippen molar-refractivity contribution in [2.45, 2.75) is 18.6 Å². The van der Waals surface area contributed by atoms with Crippen LogP contribution in [0.25, 0.3) is 0 Å². The van der Waals surface area contributed by atoms with Crippen molar-refractivity contribution >= 4 is 17.6 Å². The quantitative estimate of drug-likeness (QED) is 0.390. The zero-order chi connectivity index (χ0) is 20.2. The standard InChI is InChI=1S/C21H18ClN5O2/c22-18-12-11-15(13-23-18)14-26-20(17-9-5-2-6-10-17)19(16-7-3-1-4-8-16)24-21(26)25-27(28)29/h1-13,19-20H,14H2,(H,24,25)/t19-,20-/m1/s1. The summed E-state index contributed by atoms with van der Waals surface area (Å²) in [5, 5.41) is 17.8. The molecular weight excluding hydrogens is 390 g/mol. The maximum atomic E-state index is 11.2. The molecule has 1 saturated heterocycles. The van der Waals surface area contributed by atoms with Gasteiger partial charge in [0.25, 0.3) is 5.96 Å². The number of pyridine rings is 1. The maximum absolute atomic E-state index is 11.2. The number of halogens is 1. The predicted octanol–water partition coefficient (Wildman–Crippen LogP) is 4.17. The predicted molar refractivity (Wildman–Crippen MR) is 111 cm³/mol. The van der Waals surface area contributed by atoms with Gasteiger partial charge in [-0.2, -0.15) is 0 Å². The fourth-order valence-electron chi connectivity index (χ4n) is 3.59. The molecule has 0 amide bonds. The zero-order valence-electron chi connectivity index (χ0n) is 15.4. The first-order valence-corrected chi connectivity index (χ1v) is 9.46. The van der Waals surface area contributed by atoms with Crippen LogP contribution >= 0.6 is 11.6 Å². The first kappa shape index (κ1) is 18.9. The van der Waals surface area contributed by atoms with Crippen LogP contribution in [0.15, 0.2) is 84.1 Å². The van der Waals surface area contributed by atoms with Gasteiger partial charge >= 0.3 is 0 Å². The highest BCUT2D eigenvalue weighted by Crippen LogP contribution is 2.39. The molecule has 2 heterocycles. The maximum Gasteiger partial charge on any atom is 0.272 e. The van der Waals surface area contributed by atoms with E-state index in [1.54, 1.807) is 12.3 Å². The number of nitrogens with one attached hydrogen (secondary N) is 1. The molecule has 1 N–H and O–H groups in total. The van der Waals surface area contributed by atoms with Crippen molar-refractivity contribution in [2.24, 2.45) is 5.10 Å². The fraction of sp³-hybridized carbons (Fsp3) is 0.143. The van der Waals surface area contributed by atoms with Crippen LogP contribution in [-0.4, -0.2) is 20.9 Å². The molecule has 29 heavy (non-hydrogen) atoms. The highest BCUT2D eigenvalue weighted by atomic mass is 35.5. The van der Waals surface area contributed by atoms with E-state index in [-0.39, 0.29) is 18.0 Å². The molecule has 4 rings (SSSR count). The molecule has 7 nitrogen and oxygen atoms in total. The average molecular weight is 408 g/mol. The van der Waals surface area contributed by atoms with Crippen LogP contribution in [0.2, 0.25) is 5.15 Å². The minimum atomic E-state index is -0.676. The Morgan fingerprint density at radius 1 is 1.03 bits per heavy atom. The van der Waals surface area contributed by atoms with Crippen molar-refractivity contribution in [3.05, 3.63) is 111 Å². The van der Waals surface area contributed by atoms with Crippen molar-refractivity contribution in [1.82, 2.24) is 15.2 Å². The van der Waals surface area contributed by atoms with Crippen LogP contribution in [0.4, 0.5) is 0 Å². The Hall–Kier alpha value is -3.45. The summed E-state index contributed by atoms with van der Waals surface area (Å²) in [7, 11) is 0. The lowest BCUT2D eigenvalue weighted by Crippen LogP contribution is -2.32. The molecule has 0 bridgehead atoms. The lowest BCUT2D eigenvalue weighted by Gasteiger charge is -2.28. The van der Waals surface area contributed by atoms with E-state index in [4.69, 9.17) is 11.6 Å². The highest BCUT2D eigenvalue weighted by molar-refractivity contribution is 6.29. The molecule has 3 aromatic rings. The lowest BCUT2D eigenvalue weighted by atomic mass is 9.94. The van der Waals surface area contributed by atoms with Crippen molar-refractivity contribution in [1.29, 1.82) is 0 Å². The second kappa shape index (κ2) is 8.28. The van der Waals surface area contributed by atoms with Crippen molar-refractivity contribution in [3.63, 3.8) is 0 Å². The van der Waals surface area contributed by atoms with Gasteiger partial charge in [-0.3, -0.25) is 0 Å². The Morgan fingerprint density at radius 2 is 1.69 bits per heavy atom. The van der Waals surface area contributed by atoms with E-state index < -0.39 is 5.03 Å². The number of rotatable bonds is 5. The van der Waals surface area contributed by atoms with E-state index in [1.165, 1.54) is 0 Å². The molecule has 146 valence electrons. The number of hydrogen-bond donors (Lipinski definition) is 1. The topological polar surface area (TPSA) is 83.7 Å². The Labute approximate surface area is 172 Å². The fourth-order valence-corrected chi connectivity index (χ4v) is 3.71. The van der Waals surface area contributed by atoms with Crippen molar-refractivity contribution < 1.29 is 5.03 Å². The van der Waals surface area contributed by atoms with Gasteiger partial charge in [-0.15, -0.1) is 0 Å². The highest BCUT2D eigenvalue weighted by Gasteiger charge is 2.41. The molecule has 0 saturated carbocycles. The lowest BCUT2D eigenvalue weighted by molar-refractivity contribution is -0.485. The van der Waals surface area contributed by atoms with Gasteiger partial charge in [-0.25, -0.2) is 15.1 Å². The van der Waals surface area contributed by atoms with E-state index >= 15 is 0 Å². The number of aromatic nitrogens is 1. The van der Waals surface area contributed by atoms with E-state index in [9.17, 15) is 10.1 Å². The number of guanidine groups is 1. The third-order valence-corrected chi connectivity index (χ3v) is 5.05. The van der Waals surface area contributed by atoms with Crippen molar-refractivity contribution in [2.75, 3.05) is 0 Å². The number of hydrazone groups is 1. The monoisotopic (exact) mass is 407 g/mol. The molecule has 1 aliphatic rings. The Morgan fingerprint density at radius 3 is 2.28 bits per heavy atom. The van der Waals surface area contributed by atoms with E-state index in [1.807, 2.05) is 71.6 Å². The second-order valence-corrected chi connectivity index (χ2v) is 7.05. The molecule has 8 heteroatoms. The summed E-state index contributed by atoms with van der Waals surface area (Å²) in [5.74, 6) is 0.215. The van der Waals surface area contributed by atoms with Crippen molar-refractivity contribution in [3.8, 4) is 0 Å². The van der Waals surface area contributed by atoms with Gasteiger partial charge in [-0.1, -0.05) is 78.3 Å². The minimum Gasteiger partial charge on any atom is -0.342 e. The SMILES string of the molecule is O=[N+]([O-])/N=C1\N[C@H](c2ccccc2)[C@@H](c2ccccc2)N1Cc1ccc(Cl)nc1. The molecule has 1 aliphatic heterocycles. The van der Waals surface area contributed by atoms with Crippen LogP contribution < -0.4 is 5.32 Å². The van der Waals surface area contributed by atoms with Gasteiger partial charge in [0.2, 0.25) is 0 Å². The smallest absolute Gasteiger partial charge is 0.272 e. The summed E-state index contributed by atoms with van der Waals surface area (Å²) < 4.78 is 0. The van der Waals surface area contributed by atoms with E-state index in [2.05, 4.69) is 15.4 Å². The average Bonchev–Trinajstić information content (AvgIpc) is 3.08. The second-order valence-electron chi connectivity index (χ2n) is 6.67. The zero-order valence-corrected chi connectivity index (χ0v) is 16.1. The minimum absolute atomic E-state index is 0.187. The first-order chi connectivity index (χ1) is 14.1. The van der Waals surface area contributed by atoms with E-state index in [0.717, 1.165) is 16.7 Å². The van der Waals surface area contributed by atoms with E-state index in [0.29, 0.717) is 11.7 Å². The summed E-state index contributed by atoms with van der Waals surface area (Å²) in [6, 6.07) is 22.9. The van der Waals surface area contributed by atoms with Crippen LogP contribution in [0.1, 0.15) is 28.8 Å². The molecule has 1 fully saturated rings. The molecule has 1 aromatic heterocycles. The number of nitrogens with zero attached hydrogens (tertiary/aromatic N) is 4. The van der Waals surface area contributed by atoms with Gasteiger partial charge in [0.1, 0.15) is 10.3 Å². The van der Waals surface area contributed by atoms with Gasteiger partial charge in [0, 0.05) is 12.7 Å². The summed E-state index contributed by atoms with van der Waals surface area (Å²) >= 11 is 5.90. The third kappa shape index (κ3) is 4.20. The Bertz CT molecular complexity index is 1010. The first-order valence-electron chi connectivity index (χ1n) is 9.08. The number of nitro groups is 1. The Balaban J connectivity index is 1.79. The third-order valence-electron chi connectivity index (χ3n) is 4.83. The number of hydrogen-bond acceptors (Lipinski definition) is 3.